The van der Waals surface area contributed by atoms with Gasteiger partial charge >= 0.3 is 0 Å². The summed E-state index contributed by atoms with van der Waals surface area (Å²) >= 11 is 1.67. The Bertz CT molecular complexity index is 224. The zero-order valence-electron chi connectivity index (χ0n) is 8.49. The first kappa shape index (κ1) is 13.3. The van der Waals surface area contributed by atoms with Crippen molar-refractivity contribution in [1.29, 1.82) is 0 Å². The summed E-state index contributed by atoms with van der Waals surface area (Å²) in [4.78, 5) is 0. The average Bonchev–Trinajstić information content (AvgIpc) is 1.81. The monoisotopic (exact) mass is 225 g/mol. The molecule has 5 heteroatoms. The van der Waals surface area contributed by atoms with Crippen molar-refractivity contribution >= 4 is 21.6 Å². The van der Waals surface area contributed by atoms with Crippen molar-refractivity contribution in [3.63, 3.8) is 0 Å². The molecule has 0 saturated carbocycles. The van der Waals surface area contributed by atoms with E-state index in [0.29, 0.717) is 11.0 Å². The SMILES string of the molecule is CC(N)CC(C)SCCS(C)(=O)=O. The molecule has 0 amide bonds. The van der Waals surface area contributed by atoms with Gasteiger partial charge in [0.05, 0.1) is 5.75 Å². The fraction of sp³-hybridized carbons (Fsp3) is 1.00. The van der Waals surface area contributed by atoms with Gasteiger partial charge in [-0.15, -0.1) is 0 Å². The van der Waals surface area contributed by atoms with Crippen LogP contribution in [0, 0.1) is 0 Å². The largest absolute Gasteiger partial charge is 0.328 e. The summed E-state index contributed by atoms with van der Waals surface area (Å²) in [6, 6.07) is 0.195. The molecule has 0 aliphatic heterocycles. The van der Waals surface area contributed by atoms with E-state index in [1.165, 1.54) is 6.26 Å². The first-order valence-electron chi connectivity index (χ1n) is 4.36. The van der Waals surface area contributed by atoms with Gasteiger partial charge in [-0.2, -0.15) is 11.8 Å². The second-order valence-corrected chi connectivity index (χ2v) is 7.33. The smallest absolute Gasteiger partial charge is 0.148 e. The van der Waals surface area contributed by atoms with Crippen LogP contribution >= 0.6 is 11.8 Å². The Labute approximate surface area is 85.4 Å². The molecule has 0 spiro atoms. The second kappa shape index (κ2) is 5.88. The van der Waals surface area contributed by atoms with E-state index in [0.717, 1.165) is 6.42 Å². The number of hydrogen-bond acceptors (Lipinski definition) is 4. The molecule has 0 radical (unpaired) electrons. The highest BCUT2D eigenvalue weighted by Gasteiger charge is 2.07. The Balaban J connectivity index is 3.54. The Morgan fingerprint density at radius 2 is 1.92 bits per heavy atom. The number of nitrogens with two attached hydrogens (primary N) is 1. The zero-order valence-corrected chi connectivity index (χ0v) is 10.1. The lowest BCUT2D eigenvalue weighted by atomic mass is 10.2. The summed E-state index contributed by atoms with van der Waals surface area (Å²) in [6.07, 6.45) is 2.21. The lowest BCUT2D eigenvalue weighted by Crippen LogP contribution is -2.20. The van der Waals surface area contributed by atoms with Crippen molar-refractivity contribution in [2.45, 2.75) is 31.6 Å². The van der Waals surface area contributed by atoms with Gasteiger partial charge in [0.15, 0.2) is 0 Å². The van der Waals surface area contributed by atoms with Crippen LogP contribution in [-0.4, -0.2) is 37.5 Å². The van der Waals surface area contributed by atoms with Crippen molar-refractivity contribution in [2.24, 2.45) is 5.73 Å². The third-order valence-electron chi connectivity index (χ3n) is 1.56. The standard InChI is InChI=1S/C8H19NO2S2/c1-7(9)6-8(2)12-4-5-13(3,10)11/h7-8H,4-6,9H2,1-3H3. The molecule has 0 saturated heterocycles. The Morgan fingerprint density at radius 1 is 1.38 bits per heavy atom. The molecule has 0 aliphatic carbocycles. The molecule has 2 atom stereocenters. The molecule has 80 valence electrons. The molecule has 2 unspecified atom stereocenters. The normalized spacial score (nSPS) is 16.9. The molecule has 2 N–H and O–H groups in total. The van der Waals surface area contributed by atoms with Gasteiger partial charge in [-0.3, -0.25) is 0 Å². The average molecular weight is 225 g/mol. The van der Waals surface area contributed by atoms with Crippen LogP contribution in [-0.2, 0) is 9.84 Å². The van der Waals surface area contributed by atoms with Crippen LogP contribution in [0.3, 0.4) is 0 Å². The topological polar surface area (TPSA) is 60.2 Å². The van der Waals surface area contributed by atoms with Crippen molar-refractivity contribution in [1.82, 2.24) is 0 Å². The highest BCUT2D eigenvalue weighted by atomic mass is 32.2. The number of sulfone groups is 1. The van der Waals surface area contributed by atoms with Crippen molar-refractivity contribution < 1.29 is 8.42 Å². The van der Waals surface area contributed by atoms with Gasteiger partial charge < -0.3 is 5.73 Å². The fourth-order valence-electron chi connectivity index (χ4n) is 0.992. The van der Waals surface area contributed by atoms with E-state index in [9.17, 15) is 8.42 Å². The van der Waals surface area contributed by atoms with Gasteiger partial charge in [-0.25, -0.2) is 8.42 Å². The summed E-state index contributed by atoms with van der Waals surface area (Å²) in [5.41, 5.74) is 5.62. The van der Waals surface area contributed by atoms with Crippen molar-refractivity contribution in [3.05, 3.63) is 0 Å². The van der Waals surface area contributed by atoms with E-state index in [-0.39, 0.29) is 11.8 Å². The first-order chi connectivity index (χ1) is 5.81. The lowest BCUT2D eigenvalue weighted by molar-refractivity contribution is 0.603. The number of thioether (sulfide) groups is 1. The fourth-order valence-corrected chi connectivity index (χ4v) is 3.43. The maximum absolute atomic E-state index is 10.8. The molecule has 0 heterocycles. The molecule has 0 aromatic carbocycles. The van der Waals surface area contributed by atoms with Gasteiger partial charge in [-0.05, 0) is 13.3 Å². The molecule has 0 aliphatic rings. The lowest BCUT2D eigenvalue weighted by Gasteiger charge is -2.12. The van der Waals surface area contributed by atoms with E-state index in [1.807, 2.05) is 6.92 Å². The van der Waals surface area contributed by atoms with Gasteiger partial charge in [0, 0.05) is 23.3 Å². The van der Waals surface area contributed by atoms with E-state index in [4.69, 9.17) is 5.73 Å². The van der Waals surface area contributed by atoms with E-state index < -0.39 is 9.84 Å². The van der Waals surface area contributed by atoms with Gasteiger partial charge in [-0.1, -0.05) is 6.92 Å². The van der Waals surface area contributed by atoms with Gasteiger partial charge in [0.1, 0.15) is 9.84 Å². The summed E-state index contributed by atoms with van der Waals surface area (Å²) in [6.45, 7) is 4.05. The predicted octanol–water partition coefficient (Wildman–Crippen LogP) is 0.890. The summed E-state index contributed by atoms with van der Waals surface area (Å²) < 4.78 is 21.6. The highest BCUT2D eigenvalue weighted by molar-refractivity contribution is 8.01. The quantitative estimate of drug-likeness (QED) is 0.729. The summed E-state index contributed by atoms with van der Waals surface area (Å²) in [7, 11) is -2.80. The van der Waals surface area contributed by atoms with E-state index >= 15 is 0 Å². The minimum Gasteiger partial charge on any atom is -0.328 e. The molecule has 0 aromatic heterocycles. The van der Waals surface area contributed by atoms with E-state index in [2.05, 4.69) is 6.92 Å². The van der Waals surface area contributed by atoms with Crippen LogP contribution in [0.5, 0.6) is 0 Å². The van der Waals surface area contributed by atoms with Crippen LogP contribution in [0.2, 0.25) is 0 Å². The maximum Gasteiger partial charge on any atom is 0.148 e. The minimum absolute atomic E-state index is 0.195. The van der Waals surface area contributed by atoms with E-state index in [1.54, 1.807) is 11.8 Å². The highest BCUT2D eigenvalue weighted by Crippen LogP contribution is 2.15. The number of rotatable bonds is 6. The van der Waals surface area contributed by atoms with Crippen LogP contribution in [0.1, 0.15) is 20.3 Å². The summed E-state index contributed by atoms with van der Waals surface area (Å²) in [5.74, 6) is 0.938. The molecule has 0 bridgehead atoms. The maximum atomic E-state index is 10.8. The van der Waals surface area contributed by atoms with Crippen LogP contribution < -0.4 is 5.73 Å². The second-order valence-electron chi connectivity index (χ2n) is 3.52. The molecule has 0 rings (SSSR count). The van der Waals surface area contributed by atoms with Crippen LogP contribution in [0.25, 0.3) is 0 Å². The molecule has 0 fully saturated rings. The predicted molar refractivity (Wildman–Crippen MR) is 59.9 cm³/mol. The zero-order chi connectivity index (χ0) is 10.5. The first-order valence-corrected chi connectivity index (χ1v) is 7.47. The number of hydrogen-bond donors (Lipinski definition) is 1. The Morgan fingerprint density at radius 3 is 2.31 bits per heavy atom. The molecule has 13 heavy (non-hydrogen) atoms. The molecule has 3 nitrogen and oxygen atoms in total. The third-order valence-corrected chi connectivity index (χ3v) is 3.97. The molecular formula is C8H19NO2S2. The minimum atomic E-state index is -2.80. The van der Waals surface area contributed by atoms with Gasteiger partial charge in [0.2, 0.25) is 0 Å². The van der Waals surface area contributed by atoms with Crippen LogP contribution in [0.4, 0.5) is 0 Å². The molecule has 0 aromatic rings. The van der Waals surface area contributed by atoms with Crippen molar-refractivity contribution in [3.8, 4) is 0 Å². The Kier molecular flexibility index (Phi) is 6.00. The van der Waals surface area contributed by atoms with Crippen LogP contribution in [0.15, 0.2) is 0 Å². The summed E-state index contributed by atoms with van der Waals surface area (Å²) in [5, 5.41) is 0.446. The van der Waals surface area contributed by atoms with Crippen molar-refractivity contribution in [2.75, 3.05) is 17.8 Å². The third kappa shape index (κ3) is 10.2. The Hall–Kier alpha value is 0.260. The van der Waals surface area contributed by atoms with Gasteiger partial charge in [0.25, 0.3) is 0 Å². The molecular weight excluding hydrogens is 206 g/mol.